The van der Waals surface area contributed by atoms with E-state index in [0.29, 0.717) is 29.3 Å². The molecule has 0 aliphatic rings. The maximum Gasteiger partial charge on any atom is 0.320 e. The van der Waals surface area contributed by atoms with Gasteiger partial charge in [-0.15, -0.1) is 0 Å². The highest BCUT2D eigenvalue weighted by Gasteiger charge is 2.05. The van der Waals surface area contributed by atoms with Crippen LogP contribution in [0.5, 0.6) is 0 Å². The number of nitrogens with one attached hydrogen (secondary N) is 3. The molecule has 0 saturated heterocycles. The lowest BCUT2D eigenvalue weighted by atomic mass is 10.3. The van der Waals surface area contributed by atoms with Gasteiger partial charge in [-0.3, -0.25) is 5.32 Å². The predicted octanol–water partition coefficient (Wildman–Crippen LogP) is 2.91. The summed E-state index contributed by atoms with van der Waals surface area (Å²) in [6, 6.07) is 12.8. The molecular weight excluding hydrogens is 292 g/mol. The highest BCUT2D eigenvalue weighted by atomic mass is 16.2. The number of fused-ring (bicyclic) bond motifs is 1. The van der Waals surface area contributed by atoms with E-state index >= 15 is 0 Å². The van der Waals surface area contributed by atoms with Crippen molar-refractivity contribution in [3.63, 3.8) is 0 Å². The fourth-order valence-corrected chi connectivity index (χ4v) is 2.02. The maximum absolute atomic E-state index is 11.5. The normalized spacial score (nSPS) is 10.3. The van der Waals surface area contributed by atoms with Crippen LogP contribution in [-0.4, -0.2) is 27.5 Å². The van der Waals surface area contributed by atoms with Crippen LogP contribution in [0, 0.1) is 0 Å². The number of amides is 2. The van der Waals surface area contributed by atoms with Crippen molar-refractivity contribution in [1.82, 2.24) is 20.3 Å². The summed E-state index contributed by atoms with van der Waals surface area (Å²) in [5, 5.41) is 8.47. The summed E-state index contributed by atoms with van der Waals surface area (Å²) in [7, 11) is 0. The number of carbonyl (C=O) groups is 1. The van der Waals surface area contributed by atoms with Gasteiger partial charge < -0.3 is 10.6 Å². The maximum atomic E-state index is 11.5. The quantitative estimate of drug-likeness (QED) is 0.689. The van der Waals surface area contributed by atoms with Crippen LogP contribution < -0.4 is 16.0 Å². The third-order valence-electron chi connectivity index (χ3n) is 3.03. The van der Waals surface area contributed by atoms with Crippen LogP contribution >= 0.6 is 0 Å². The van der Waals surface area contributed by atoms with Crippen molar-refractivity contribution in [2.24, 2.45) is 0 Å². The van der Waals surface area contributed by atoms with Crippen LogP contribution in [0.1, 0.15) is 6.92 Å². The summed E-state index contributed by atoms with van der Waals surface area (Å²) in [5.41, 5.74) is 2.03. The molecule has 0 bridgehead atoms. The summed E-state index contributed by atoms with van der Waals surface area (Å²) in [6.45, 7) is 2.39. The van der Waals surface area contributed by atoms with Gasteiger partial charge >= 0.3 is 6.03 Å². The molecule has 0 aliphatic heterocycles. The molecule has 3 N–H and O–H groups in total. The van der Waals surface area contributed by atoms with Crippen molar-refractivity contribution >= 4 is 34.5 Å². The number of nitrogens with zero attached hydrogens (tertiary/aromatic N) is 3. The lowest BCUT2D eigenvalue weighted by molar-refractivity contribution is 0.252. The van der Waals surface area contributed by atoms with E-state index in [2.05, 4.69) is 30.9 Å². The number of pyridine rings is 1. The Morgan fingerprint density at radius 3 is 2.61 bits per heavy atom. The number of carbonyl (C=O) groups excluding carboxylic acids is 1. The van der Waals surface area contributed by atoms with Gasteiger partial charge in [-0.1, -0.05) is 18.2 Å². The van der Waals surface area contributed by atoms with E-state index in [0.717, 1.165) is 5.69 Å². The second-order valence-corrected chi connectivity index (χ2v) is 4.77. The van der Waals surface area contributed by atoms with Crippen LogP contribution in [0.2, 0.25) is 0 Å². The van der Waals surface area contributed by atoms with Gasteiger partial charge in [-0.05, 0) is 31.2 Å². The molecule has 2 aromatic heterocycles. The highest BCUT2D eigenvalue weighted by Crippen LogP contribution is 2.17. The molecular formula is C16H16N6O. The lowest BCUT2D eigenvalue weighted by Gasteiger charge is -2.07. The van der Waals surface area contributed by atoms with E-state index in [1.54, 1.807) is 18.3 Å². The minimum Gasteiger partial charge on any atom is -0.339 e. The van der Waals surface area contributed by atoms with Gasteiger partial charge in [-0.2, -0.15) is 0 Å². The van der Waals surface area contributed by atoms with Crippen LogP contribution in [-0.2, 0) is 0 Å². The standard InChI is InChI=1S/C16H16N6O/c1-2-17-16(23)22-13-9-8-12-15(20-13)21-14(10-18-12)19-11-6-4-3-5-7-11/h3-10H,2H2,1H3,(H3,17,19,20,21,22,23). The first-order valence-electron chi connectivity index (χ1n) is 7.25. The molecule has 0 radical (unpaired) electrons. The van der Waals surface area contributed by atoms with Crippen molar-refractivity contribution in [2.75, 3.05) is 17.2 Å². The zero-order valence-electron chi connectivity index (χ0n) is 12.6. The molecule has 1 aromatic carbocycles. The van der Waals surface area contributed by atoms with Crippen molar-refractivity contribution < 1.29 is 4.79 Å². The number of anilines is 3. The molecule has 0 saturated carbocycles. The Morgan fingerprint density at radius 2 is 1.83 bits per heavy atom. The second kappa shape index (κ2) is 6.69. The van der Waals surface area contributed by atoms with Crippen LogP contribution in [0.25, 0.3) is 11.2 Å². The molecule has 0 unspecified atom stereocenters. The molecule has 0 aliphatic carbocycles. The third kappa shape index (κ3) is 3.70. The number of rotatable bonds is 4. The Labute approximate surface area is 133 Å². The Kier molecular flexibility index (Phi) is 4.28. The van der Waals surface area contributed by atoms with Gasteiger partial charge in [-0.25, -0.2) is 19.7 Å². The topological polar surface area (TPSA) is 91.8 Å². The molecule has 23 heavy (non-hydrogen) atoms. The lowest BCUT2D eigenvalue weighted by Crippen LogP contribution is -2.28. The minimum absolute atomic E-state index is 0.300. The van der Waals surface area contributed by atoms with Crippen molar-refractivity contribution in [3.8, 4) is 0 Å². The molecule has 0 spiro atoms. The van der Waals surface area contributed by atoms with E-state index in [1.807, 2.05) is 37.3 Å². The fourth-order valence-electron chi connectivity index (χ4n) is 2.02. The number of aromatic nitrogens is 3. The van der Waals surface area contributed by atoms with Gasteiger partial charge in [0.25, 0.3) is 0 Å². The van der Waals surface area contributed by atoms with E-state index < -0.39 is 0 Å². The largest absolute Gasteiger partial charge is 0.339 e. The Morgan fingerprint density at radius 1 is 1.04 bits per heavy atom. The molecule has 0 atom stereocenters. The molecule has 3 rings (SSSR count). The SMILES string of the molecule is CCNC(=O)Nc1ccc2ncc(Nc3ccccc3)nc2n1. The Hall–Kier alpha value is -3.22. The second-order valence-electron chi connectivity index (χ2n) is 4.77. The van der Waals surface area contributed by atoms with Gasteiger partial charge in [0.05, 0.1) is 6.20 Å². The number of hydrogen-bond donors (Lipinski definition) is 3. The van der Waals surface area contributed by atoms with E-state index in [-0.39, 0.29) is 6.03 Å². The summed E-state index contributed by atoms with van der Waals surface area (Å²) >= 11 is 0. The van der Waals surface area contributed by atoms with Crippen molar-refractivity contribution in [1.29, 1.82) is 0 Å². The molecule has 2 heterocycles. The number of hydrogen-bond acceptors (Lipinski definition) is 5. The molecule has 3 aromatic rings. The Bertz CT molecular complexity index is 821. The molecule has 7 heteroatoms. The first-order chi connectivity index (χ1) is 11.2. The summed E-state index contributed by atoms with van der Waals surface area (Å²) in [5.74, 6) is 1.01. The van der Waals surface area contributed by atoms with Gasteiger partial charge in [0, 0.05) is 12.2 Å². The summed E-state index contributed by atoms with van der Waals surface area (Å²) in [4.78, 5) is 24.6. The minimum atomic E-state index is -0.300. The number of benzene rings is 1. The molecule has 7 nitrogen and oxygen atoms in total. The average Bonchev–Trinajstić information content (AvgIpc) is 2.56. The third-order valence-corrected chi connectivity index (χ3v) is 3.03. The first kappa shape index (κ1) is 14.7. The van der Waals surface area contributed by atoms with Gasteiger partial charge in [0.1, 0.15) is 11.3 Å². The monoisotopic (exact) mass is 308 g/mol. The average molecular weight is 308 g/mol. The predicted molar refractivity (Wildman–Crippen MR) is 89.8 cm³/mol. The first-order valence-corrected chi connectivity index (χ1v) is 7.25. The smallest absolute Gasteiger partial charge is 0.320 e. The van der Waals surface area contributed by atoms with Crippen molar-refractivity contribution in [2.45, 2.75) is 6.92 Å². The Balaban J connectivity index is 1.84. The number of urea groups is 1. The zero-order chi connectivity index (χ0) is 16.1. The summed E-state index contributed by atoms with van der Waals surface area (Å²) in [6.07, 6.45) is 1.65. The molecule has 0 fully saturated rings. The van der Waals surface area contributed by atoms with Crippen LogP contribution in [0.3, 0.4) is 0 Å². The van der Waals surface area contributed by atoms with Crippen LogP contribution in [0.4, 0.5) is 22.1 Å². The fraction of sp³-hybridized carbons (Fsp3) is 0.125. The highest BCUT2D eigenvalue weighted by molar-refractivity contribution is 5.89. The summed E-state index contributed by atoms with van der Waals surface area (Å²) < 4.78 is 0. The van der Waals surface area contributed by atoms with Crippen LogP contribution in [0.15, 0.2) is 48.7 Å². The zero-order valence-corrected chi connectivity index (χ0v) is 12.6. The van der Waals surface area contributed by atoms with E-state index in [4.69, 9.17) is 0 Å². The van der Waals surface area contributed by atoms with E-state index in [9.17, 15) is 4.79 Å². The van der Waals surface area contributed by atoms with Gasteiger partial charge in [0.2, 0.25) is 0 Å². The van der Waals surface area contributed by atoms with Gasteiger partial charge in [0.15, 0.2) is 11.5 Å². The van der Waals surface area contributed by atoms with Crippen molar-refractivity contribution in [3.05, 3.63) is 48.7 Å². The molecule has 2 amide bonds. The number of para-hydroxylation sites is 1. The molecule has 116 valence electrons. The van der Waals surface area contributed by atoms with E-state index in [1.165, 1.54) is 0 Å².